The van der Waals surface area contributed by atoms with E-state index in [2.05, 4.69) is 30.2 Å². The molecule has 7 heteroatoms. The van der Waals surface area contributed by atoms with Gasteiger partial charge in [-0.15, -0.1) is 0 Å². The topological polar surface area (TPSA) is 76.1 Å². The number of aryl methyl sites for hydroxylation is 1. The molecule has 1 aliphatic rings. The number of rotatable bonds is 6. The molecule has 122 valence electrons. The molecule has 3 heterocycles. The van der Waals surface area contributed by atoms with Crippen molar-refractivity contribution in [2.24, 2.45) is 0 Å². The van der Waals surface area contributed by atoms with Gasteiger partial charge in [0.1, 0.15) is 18.0 Å². The Morgan fingerprint density at radius 2 is 1.96 bits per heavy atom. The smallest absolute Gasteiger partial charge is 0.137 e. The van der Waals surface area contributed by atoms with Crippen LogP contribution in [0.25, 0.3) is 11.1 Å². The summed E-state index contributed by atoms with van der Waals surface area (Å²) in [6.07, 6.45) is 7.97. The van der Waals surface area contributed by atoms with Crippen LogP contribution in [0.3, 0.4) is 0 Å². The van der Waals surface area contributed by atoms with E-state index in [1.165, 1.54) is 6.33 Å². The highest BCUT2D eigenvalue weighted by molar-refractivity contribution is 5.73. The summed E-state index contributed by atoms with van der Waals surface area (Å²) in [5, 5.41) is 3.43. The van der Waals surface area contributed by atoms with Crippen molar-refractivity contribution in [3.63, 3.8) is 0 Å². The van der Waals surface area contributed by atoms with Crippen molar-refractivity contribution in [2.45, 2.75) is 13.3 Å². The van der Waals surface area contributed by atoms with Gasteiger partial charge < -0.3 is 10.1 Å². The third-order valence-electron chi connectivity index (χ3n) is 3.83. The predicted molar refractivity (Wildman–Crippen MR) is 88.2 cm³/mol. The van der Waals surface area contributed by atoms with Crippen LogP contribution in [0, 0.1) is 6.92 Å². The summed E-state index contributed by atoms with van der Waals surface area (Å²) in [5.41, 5.74) is 1.85. The Hall–Kier alpha value is -2.12. The average Bonchev–Trinajstić information content (AvgIpc) is 2.60. The number of morpholine rings is 1. The molecule has 7 nitrogen and oxygen atoms in total. The monoisotopic (exact) mass is 314 g/mol. The van der Waals surface area contributed by atoms with Gasteiger partial charge in [0.25, 0.3) is 0 Å². The van der Waals surface area contributed by atoms with E-state index in [0.717, 1.165) is 68.6 Å². The standard InChI is InChI=1S/C16H22N6O/c1-13-20-11-15(14-9-17-12-18-10-14)16(21-13)19-3-2-4-22-5-7-23-8-6-22/h9-12H,2-8H2,1H3,(H,19,20,21). The molecular weight excluding hydrogens is 292 g/mol. The maximum absolute atomic E-state index is 5.37. The van der Waals surface area contributed by atoms with Crippen LogP contribution in [0.15, 0.2) is 24.9 Å². The first-order valence-corrected chi connectivity index (χ1v) is 7.96. The largest absolute Gasteiger partial charge is 0.379 e. The van der Waals surface area contributed by atoms with Crippen molar-refractivity contribution < 1.29 is 4.74 Å². The molecule has 1 fully saturated rings. The van der Waals surface area contributed by atoms with Crippen LogP contribution in [0.4, 0.5) is 5.82 Å². The van der Waals surface area contributed by atoms with Crippen molar-refractivity contribution in [1.82, 2.24) is 24.8 Å². The highest BCUT2D eigenvalue weighted by Gasteiger charge is 2.11. The Morgan fingerprint density at radius 3 is 2.74 bits per heavy atom. The van der Waals surface area contributed by atoms with Crippen molar-refractivity contribution in [1.29, 1.82) is 0 Å². The van der Waals surface area contributed by atoms with Crippen molar-refractivity contribution in [2.75, 3.05) is 44.7 Å². The van der Waals surface area contributed by atoms with Crippen molar-refractivity contribution in [3.05, 3.63) is 30.7 Å². The Bertz CT molecular complexity index is 615. The molecule has 2 aromatic rings. The number of ether oxygens (including phenoxy) is 1. The minimum Gasteiger partial charge on any atom is -0.379 e. The predicted octanol–water partition coefficient (Wildman–Crippen LogP) is 1.38. The number of nitrogens with zero attached hydrogens (tertiary/aromatic N) is 5. The zero-order chi connectivity index (χ0) is 15.9. The van der Waals surface area contributed by atoms with Gasteiger partial charge in [0.15, 0.2) is 0 Å². The molecule has 23 heavy (non-hydrogen) atoms. The quantitative estimate of drug-likeness (QED) is 0.807. The lowest BCUT2D eigenvalue weighted by Gasteiger charge is -2.26. The van der Waals surface area contributed by atoms with E-state index in [0.29, 0.717) is 0 Å². The third kappa shape index (κ3) is 4.43. The second-order valence-corrected chi connectivity index (χ2v) is 5.54. The summed E-state index contributed by atoms with van der Waals surface area (Å²) in [6.45, 7) is 7.58. The van der Waals surface area contributed by atoms with E-state index in [9.17, 15) is 0 Å². The molecule has 0 atom stereocenters. The van der Waals surface area contributed by atoms with Gasteiger partial charge in [-0.05, 0) is 19.9 Å². The van der Waals surface area contributed by atoms with Gasteiger partial charge in [-0.3, -0.25) is 4.90 Å². The van der Waals surface area contributed by atoms with Crippen LogP contribution < -0.4 is 5.32 Å². The molecule has 1 N–H and O–H groups in total. The summed E-state index contributed by atoms with van der Waals surface area (Å²) >= 11 is 0. The maximum Gasteiger partial charge on any atom is 0.137 e. The van der Waals surface area contributed by atoms with Crippen LogP contribution in [0.5, 0.6) is 0 Å². The molecule has 0 amide bonds. The van der Waals surface area contributed by atoms with Crippen LogP contribution >= 0.6 is 0 Å². The molecule has 0 spiro atoms. The molecule has 3 rings (SSSR count). The fourth-order valence-corrected chi connectivity index (χ4v) is 2.59. The molecular formula is C16H22N6O. The number of nitrogens with one attached hydrogen (secondary N) is 1. The van der Waals surface area contributed by atoms with Gasteiger partial charge in [0, 0.05) is 49.4 Å². The first kappa shape index (κ1) is 15.8. The van der Waals surface area contributed by atoms with E-state index >= 15 is 0 Å². The highest BCUT2D eigenvalue weighted by Crippen LogP contribution is 2.24. The number of hydrogen-bond donors (Lipinski definition) is 1. The number of anilines is 1. The second kappa shape index (κ2) is 7.94. The molecule has 1 saturated heterocycles. The van der Waals surface area contributed by atoms with Crippen LogP contribution in [-0.2, 0) is 4.74 Å². The van der Waals surface area contributed by atoms with Gasteiger partial charge in [0.2, 0.25) is 0 Å². The van der Waals surface area contributed by atoms with E-state index in [-0.39, 0.29) is 0 Å². The minimum absolute atomic E-state index is 0.751. The van der Waals surface area contributed by atoms with Gasteiger partial charge in [-0.1, -0.05) is 0 Å². The Balaban J connectivity index is 1.59. The van der Waals surface area contributed by atoms with Gasteiger partial charge >= 0.3 is 0 Å². The third-order valence-corrected chi connectivity index (χ3v) is 3.83. The molecule has 0 radical (unpaired) electrons. The summed E-state index contributed by atoms with van der Waals surface area (Å²) in [7, 11) is 0. The van der Waals surface area contributed by atoms with Gasteiger partial charge in [0.05, 0.1) is 13.2 Å². The molecule has 1 aliphatic heterocycles. The Morgan fingerprint density at radius 1 is 1.17 bits per heavy atom. The molecule has 0 unspecified atom stereocenters. The highest BCUT2D eigenvalue weighted by atomic mass is 16.5. The van der Waals surface area contributed by atoms with Crippen LogP contribution in [-0.4, -0.2) is 64.2 Å². The maximum atomic E-state index is 5.37. The summed E-state index contributed by atoms with van der Waals surface area (Å²) in [5.74, 6) is 1.59. The van der Waals surface area contributed by atoms with Crippen molar-refractivity contribution in [3.8, 4) is 11.1 Å². The van der Waals surface area contributed by atoms with E-state index in [4.69, 9.17) is 4.74 Å². The summed E-state index contributed by atoms with van der Waals surface area (Å²) < 4.78 is 5.37. The zero-order valence-corrected chi connectivity index (χ0v) is 13.4. The lowest BCUT2D eigenvalue weighted by molar-refractivity contribution is 0.0378. The van der Waals surface area contributed by atoms with E-state index < -0.39 is 0 Å². The fourth-order valence-electron chi connectivity index (χ4n) is 2.59. The normalized spacial score (nSPS) is 15.5. The first-order valence-electron chi connectivity index (χ1n) is 7.96. The zero-order valence-electron chi connectivity index (χ0n) is 13.4. The molecule has 0 bridgehead atoms. The molecule has 0 saturated carbocycles. The Labute approximate surface area is 136 Å². The van der Waals surface area contributed by atoms with E-state index in [1.54, 1.807) is 12.4 Å². The number of hydrogen-bond acceptors (Lipinski definition) is 7. The SMILES string of the molecule is Cc1ncc(-c2cncnc2)c(NCCCN2CCOCC2)n1. The van der Waals surface area contributed by atoms with E-state index in [1.807, 2.05) is 13.1 Å². The minimum atomic E-state index is 0.751. The number of aromatic nitrogens is 4. The molecule has 0 aliphatic carbocycles. The lowest BCUT2D eigenvalue weighted by Crippen LogP contribution is -2.37. The average molecular weight is 314 g/mol. The van der Waals surface area contributed by atoms with Crippen LogP contribution in [0.2, 0.25) is 0 Å². The fraction of sp³-hybridized carbons (Fsp3) is 0.500. The molecule has 0 aromatic carbocycles. The second-order valence-electron chi connectivity index (χ2n) is 5.54. The Kier molecular flexibility index (Phi) is 5.44. The van der Waals surface area contributed by atoms with Gasteiger partial charge in [-0.25, -0.2) is 19.9 Å². The van der Waals surface area contributed by atoms with Gasteiger partial charge in [-0.2, -0.15) is 0 Å². The molecule has 2 aromatic heterocycles. The lowest BCUT2D eigenvalue weighted by atomic mass is 10.1. The summed E-state index contributed by atoms with van der Waals surface area (Å²) in [4.78, 5) is 19.4. The van der Waals surface area contributed by atoms with Crippen molar-refractivity contribution >= 4 is 5.82 Å². The van der Waals surface area contributed by atoms with Crippen LogP contribution in [0.1, 0.15) is 12.2 Å². The summed E-state index contributed by atoms with van der Waals surface area (Å²) in [6, 6.07) is 0. The first-order chi connectivity index (χ1) is 11.3.